The first-order chi connectivity index (χ1) is 14.7. The van der Waals surface area contributed by atoms with Crippen LogP contribution in [0, 0.1) is 17.0 Å². The maximum Gasteiger partial charge on any atom is 0.271 e. The maximum absolute atomic E-state index is 13.3. The number of aryl methyl sites for hydroxylation is 1. The number of nitrogens with zero attached hydrogens (tertiary/aromatic N) is 2. The van der Waals surface area contributed by atoms with Gasteiger partial charge in [-0.1, -0.05) is 23.8 Å². The van der Waals surface area contributed by atoms with E-state index in [0.29, 0.717) is 11.4 Å². The van der Waals surface area contributed by atoms with Crippen molar-refractivity contribution in [3.8, 4) is 0 Å². The molecule has 10 heteroatoms. The molecule has 0 saturated heterocycles. The van der Waals surface area contributed by atoms with Crippen molar-refractivity contribution in [1.29, 1.82) is 0 Å². The lowest BCUT2D eigenvalue weighted by molar-refractivity contribution is -0.384. The molecule has 0 atom stereocenters. The summed E-state index contributed by atoms with van der Waals surface area (Å²) in [6.07, 6.45) is 0. The Morgan fingerprint density at radius 1 is 1.06 bits per heavy atom. The molecule has 0 bridgehead atoms. The molecule has 3 aromatic carbocycles. The van der Waals surface area contributed by atoms with Gasteiger partial charge >= 0.3 is 0 Å². The molecule has 0 aromatic heterocycles. The minimum atomic E-state index is -4.18. The number of carbonyl (C=O) groups is 1. The quantitative estimate of drug-likeness (QED) is 0.329. The molecule has 31 heavy (non-hydrogen) atoms. The molecule has 0 aliphatic rings. The van der Waals surface area contributed by atoms with Crippen LogP contribution in [-0.2, 0) is 14.8 Å². The van der Waals surface area contributed by atoms with Gasteiger partial charge in [-0.25, -0.2) is 8.42 Å². The second-order valence-corrected chi connectivity index (χ2v) is 8.63. The molecule has 0 spiro atoms. The van der Waals surface area contributed by atoms with Crippen molar-refractivity contribution < 1.29 is 18.1 Å². The number of non-ortho nitro benzene ring substituents is 1. The molecule has 0 radical (unpaired) electrons. The highest BCUT2D eigenvalue weighted by atomic mass is 32.2. The lowest BCUT2D eigenvalue weighted by Gasteiger charge is -2.24. The number of hydrogen-bond acceptors (Lipinski definition) is 6. The van der Waals surface area contributed by atoms with Gasteiger partial charge < -0.3 is 11.1 Å². The SMILES string of the molecule is Cc1ccc(S(=O)(=O)N(CC(=O)Nc2ccc(N)cc2)c2cccc([N+](=O)[O-])c2)cc1. The number of amides is 1. The first-order valence-electron chi connectivity index (χ1n) is 9.16. The fraction of sp³-hybridized carbons (Fsp3) is 0.0952. The van der Waals surface area contributed by atoms with E-state index in [1.807, 2.05) is 6.92 Å². The number of hydrogen-bond donors (Lipinski definition) is 2. The Balaban J connectivity index is 1.98. The van der Waals surface area contributed by atoms with E-state index in [1.165, 1.54) is 30.3 Å². The maximum atomic E-state index is 13.3. The third-order valence-corrected chi connectivity index (χ3v) is 6.21. The van der Waals surface area contributed by atoms with E-state index < -0.39 is 27.4 Å². The molecule has 0 heterocycles. The molecule has 0 saturated carbocycles. The van der Waals surface area contributed by atoms with Crippen LogP contribution in [0.15, 0.2) is 77.7 Å². The standard InChI is InChI=1S/C21H20N4O5S/c1-15-5-11-20(12-6-15)31(29,30)24(18-3-2-4-19(13-18)25(27)28)14-21(26)23-17-9-7-16(22)8-10-17/h2-13H,14,22H2,1H3,(H,23,26). The van der Waals surface area contributed by atoms with Crippen molar-refractivity contribution in [2.24, 2.45) is 0 Å². The Kier molecular flexibility index (Phi) is 6.21. The van der Waals surface area contributed by atoms with E-state index in [0.717, 1.165) is 15.9 Å². The van der Waals surface area contributed by atoms with Crippen LogP contribution in [0.4, 0.5) is 22.7 Å². The van der Waals surface area contributed by atoms with Crippen LogP contribution < -0.4 is 15.4 Å². The van der Waals surface area contributed by atoms with Crippen LogP contribution in [0.3, 0.4) is 0 Å². The Morgan fingerprint density at radius 3 is 2.32 bits per heavy atom. The van der Waals surface area contributed by atoms with E-state index in [4.69, 9.17) is 5.73 Å². The number of nitrogens with one attached hydrogen (secondary N) is 1. The van der Waals surface area contributed by atoms with E-state index in [2.05, 4.69) is 5.32 Å². The van der Waals surface area contributed by atoms with Gasteiger partial charge in [0.1, 0.15) is 6.54 Å². The smallest absolute Gasteiger partial charge is 0.271 e. The highest BCUT2D eigenvalue weighted by molar-refractivity contribution is 7.92. The summed E-state index contributed by atoms with van der Waals surface area (Å²) in [6, 6.07) is 17.6. The summed E-state index contributed by atoms with van der Waals surface area (Å²) in [5.74, 6) is -0.619. The van der Waals surface area contributed by atoms with E-state index >= 15 is 0 Å². The number of benzene rings is 3. The lowest BCUT2D eigenvalue weighted by atomic mass is 10.2. The second-order valence-electron chi connectivity index (χ2n) is 6.77. The molecule has 160 valence electrons. The molecule has 1 amide bonds. The molecule has 3 aromatic rings. The number of rotatable bonds is 7. The topological polar surface area (TPSA) is 136 Å². The Hall–Kier alpha value is -3.92. The zero-order valence-corrected chi connectivity index (χ0v) is 17.4. The fourth-order valence-corrected chi connectivity index (χ4v) is 4.22. The number of anilines is 3. The predicted octanol–water partition coefficient (Wildman–Crippen LogP) is 3.32. The predicted molar refractivity (Wildman–Crippen MR) is 118 cm³/mol. The zero-order valence-electron chi connectivity index (χ0n) is 16.6. The molecule has 0 fully saturated rings. The van der Waals surface area contributed by atoms with Crippen molar-refractivity contribution in [2.75, 3.05) is 21.9 Å². The fourth-order valence-electron chi connectivity index (χ4n) is 2.81. The van der Waals surface area contributed by atoms with Gasteiger partial charge in [0, 0.05) is 23.5 Å². The van der Waals surface area contributed by atoms with Gasteiger partial charge in [0.2, 0.25) is 5.91 Å². The summed E-state index contributed by atoms with van der Waals surface area (Å²) in [4.78, 5) is 23.2. The van der Waals surface area contributed by atoms with Gasteiger partial charge in [-0.05, 0) is 49.4 Å². The Labute approximate surface area is 179 Å². The van der Waals surface area contributed by atoms with Crippen molar-refractivity contribution >= 4 is 38.7 Å². The monoisotopic (exact) mass is 440 g/mol. The van der Waals surface area contributed by atoms with Gasteiger partial charge in [0.05, 0.1) is 15.5 Å². The van der Waals surface area contributed by atoms with Crippen molar-refractivity contribution in [2.45, 2.75) is 11.8 Å². The van der Waals surface area contributed by atoms with Crippen LogP contribution in [0.5, 0.6) is 0 Å². The number of nitro benzene ring substituents is 1. The van der Waals surface area contributed by atoms with Gasteiger partial charge in [-0.3, -0.25) is 19.2 Å². The number of nitrogen functional groups attached to an aromatic ring is 1. The van der Waals surface area contributed by atoms with Gasteiger partial charge in [0.25, 0.3) is 15.7 Å². The third kappa shape index (κ3) is 5.17. The van der Waals surface area contributed by atoms with Crippen LogP contribution in [0.2, 0.25) is 0 Å². The molecular weight excluding hydrogens is 420 g/mol. The molecule has 9 nitrogen and oxygen atoms in total. The molecule has 0 unspecified atom stereocenters. The van der Waals surface area contributed by atoms with Gasteiger partial charge in [-0.2, -0.15) is 0 Å². The summed E-state index contributed by atoms with van der Waals surface area (Å²) < 4.78 is 27.5. The van der Waals surface area contributed by atoms with Crippen LogP contribution in [0.1, 0.15) is 5.56 Å². The largest absolute Gasteiger partial charge is 0.399 e. The molecular formula is C21H20N4O5S. The second kappa shape index (κ2) is 8.84. The summed E-state index contributed by atoms with van der Waals surface area (Å²) in [5.41, 5.74) is 7.15. The van der Waals surface area contributed by atoms with Gasteiger partial charge in [-0.15, -0.1) is 0 Å². The highest BCUT2D eigenvalue weighted by Gasteiger charge is 2.28. The van der Waals surface area contributed by atoms with Gasteiger partial charge in [0.15, 0.2) is 0 Å². The van der Waals surface area contributed by atoms with E-state index in [1.54, 1.807) is 36.4 Å². The summed E-state index contributed by atoms with van der Waals surface area (Å²) >= 11 is 0. The molecule has 3 rings (SSSR count). The Morgan fingerprint density at radius 2 is 1.71 bits per heavy atom. The highest BCUT2D eigenvalue weighted by Crippen LogP contribution is 2.27. The Bertz CT molecular complexity index is 1210. The van der Waals surface area contributed by atoms with Crippen LogP contribution in [-0.4, -0.2) is 25.8 Å². The summed E-state index contributed by atoms with van der Waals surface area (Å²) in [7, 11) is -4.18. The third-order valence-electron chi connectivity index (χ3n) is 4.42. The number of nitro groups is 1. The first kappa shape index (κ1) is 21.8. The van der Waals surface area contributed by atoms with Crippen molar-refractivity contribution in [3.63, 3.8) is 0 Å². The first-order valence-corrected chi connectivity index (χ1v) is 10.6. The van der Waals surface area contributed by atoms with Crippen LogP contribution in [0.25, 0.3) is 0 Å². The number of nitrogens with two attached hydrogens (primary N) is 1. The normalized spacial score (nSPS) is 11.0. The average Bonchev–Trinajstić information content (AvgIpc) is 2.74. The van der Waals surface area contributed by atoms with E-state index in [-0.39, 0.29) is 16.3 Å². The molecule has 3 N–H and O–H groups in total. The lowest BCUT2D eigenvalue weighted by Crippen LogP contribution is -2.38. The minimum Gasteiger partial charge on any atom is -0.399 e. The molecule has 0 aliphatic heterocycles. The summed E-state index contributed by atoms with van der Waals surface area (Å²) in [5, 5.41) is 13.8. The summed E-state index contributed by atoms with van der Waals surface area (Å²) in [6.45, 7) is 1.23. The minimum absolute atomic E-state index is 0.00207. The number of carbonyl (C=O) groups excluding carboxylic acids is 1. The van der Waals surface area contributed by atoms with Crippen molar-refractivity contribution in [1.82, 2.24) is 0 Å². The molecule has 0 aliphatic carbocycles. The number of sulfonamides is 1. The average molecular weight is 440 g/mol. The zero-order chi connectivity index (χ0) is 22.6. The van der Waals surface area contributed by atoms with Crippen LogP contribution >= 0.6 is 0 Å². The van der Waals surface area contributed by atoms with E-state index in [9.17, 15) is 23.3 Å². The van der Waals surface area contributed by atoms with Crippen molar-refractivity contribution in [3.05, 3.63) is 88.5 Å².